The van der Waals surface area contributed by atoms with E-state index < -0.39 is 11.8 Å². The maximum Gasteiger partial charge on any atom is 0.274 e. The fraction of sp³-hybridized carbons (Fsp3) is 0.370. The molecular formula is C27H34N4O6. The second-order valence-corrected chi connectivity index (χ2v) is 9.04. The van der Waals surface area contributed by atoms with E-state index in [2.05, 4.69) is 15.8 Å². The summed E-state index contributed by atoms with van der Waals surface area (Å²) in [4.78, 5) is 23.8. The minimum absolute atomic E-state index is 0.00722. The molecule has 10 heteroatoms. The van der Waals surface area contributed by atoms with Crippen molar-refractivity contribution in [3.05, 3.63) is 53.2 Å². The molecule has 1 aromatic heterocycles. The lowest BCUT2D eigenvalue weighted by Crippen LogP contribution is -2.23. The molecular weight excluding hydrogens is 476 g/mol. The van der Waals surface area contributed by atoms with Crippen molar-refractivity contribution in [1.29, 1.82) is 0 Å². The van der Waals surface area contributed by atoms with Crippen molar-refractivity contribution in [2.45, 2.75) is 52.5 Å². The topological polar surface area (TPSA) is 157 Å². The second kappa shape index (κ2) is 12.9. The normalized spacial score (nSPS) is 11.1. The van der Waals surface area contributed by atoms with E-state index in [1.165, 1.54) is 6.07 Å². The first kappa shape index (κ1) is 27.7. The number of aromatic nitrogens is 1. The Hall–Kier alpha value is -3.89. The van der Waals surface area contributed by atoms with Gasteiger partial charge in [-0.2, -0.15) is 0 Å². The van der Waals surface area contributed by atoms with E-state index in [1.54, 1.807) is 11.5 Å². The molecule has 0 saturated heterocycles. The highest BCUT2D eigenvalue weighted by Gasteiger charge is 2.27. The lowest BCUT2D eigenvalue weighted by atomic mass is 9.94. The molecule has 0 bridgehead atoms. The van der Waals surface area contributed by atoms with Crippen LogP contribution in [0.2, 0.25) is 0 Å². The molecule has 0 unspecified atom stereocenters. The zero-order valence-electron chi connectivity index (χ0n) is 21.3. The Kier molecular flexibility index (Phi) is 9.64. The number of hydroxylamine groups is 1. The van der Waals surface area contributed by atoms with Crippen LogP contribution in [0.1, 0.15) is 67.6 Å². The Morgan fingerprint density at radius 3 is 2.43 bits per heavy atom. The van der Waals surface area contributed by atoms with Gasteiger partial charge in [0.1, 0.15) is 11.5 Å². The zero-order valence-corrected chi connectivity index (χ0v) is 21.3. The standard InChI is InChI=1S/C27H34N4O6/c1-4-29-27(35)25-24(26(37-31-25)20-13-19(16(2)3)21(32)14-22(20)33)18-10-8-17(9-11-18)15-28-12-6-5-7-23(34)30-36/h8-11,13-14,16,28,32-33,36H,4-7,12,15H2,1-3H3,(H,29,35)(H,30,34). The lowest BCUT2D eigenvalue weighted by molar-refractivity contribution is -0.129. The van der Waals surface area contributed by atoms with Gasteiger partial charge in [0.05, 0.1) is 11.1 Å². The zero-order chi connectivity index (χ0) is 26.9. The van der Waals surface area contributed by atoms with Gasteiger partial charge >= 0.3 is 0 Å². The number of aromatic hydroxyl groups is 2. The average molecular weight is 511 g/mol. The van der Waals surface area contributed by atoms with Crippen LogP contribution in [0, 0.1) is 0 Å². The number of nitrogens with zero attached hydrogens (tertiary/aromatic N) is 1. The monoisotopic (exact) mass is 510 g/mol. The average Bonchev–Trinajstić information content (AvgIpc) is 3.31. The van der Waals surface area contributed by atoms with Crippen molar-refractivity contribution in [2.24, 2.45) is 0 Å². The second-order valence-electron chi connectivity index (χ2n) is 9.04. The van der Waals surface area contributed by atoms with E-state index in [9.17, 15) is 19.8 Å². The molecule has 37 heavy (non-hydrogen) atoms. The molecule has 0 aliphatic rings. The van der Waals surface area contributed by atoms with Gasteiger partial charge in [-0.15, -0.1) is 0 Å². The summed E-state index contributed by atoms with van der Waals surface area (Å²) >= 11 is 0. The van der Waals surface area contributed by atoms with Crippen LogP contribution >= 0.6 is 0 Å². The van der Waals surface area contributed by atoms with Crippen LogP contribution in [-0.4, -0.2) is 45.5 Å². The Labute approximate surface area is 215 Å². The van der Waals surface area contributed by atoms with E-state index in [4.69, 9.17) is 9.73 Å². The van der Waals surface area contributed by atoms with Crippen LogP contribution < -0.4 is 16.1 Å². The Morgan fingerprint density at radius 2 is 1.78 bits per heavy atom. The highest BCUT2D eigenvalue weighted by atomic mass is 16.5. The van der Waals surface area contributed by atoms with Crippen LogP contribution in [0.25, 0.3) is 22.5 Å². The molecule has 6 N–H and O–H groups in total. The smallest absolute Gasteiger partial charge is 0.274 e. The van der Waals surface area contributed by atoms with Crippen LogP contribution in [0.15, 0.2) is 40.9 Å². The molecule has 0 aliphatic carbocycles. The molecule has 2 amide bonds. The van der Waals surface area contributed by atoms with Crippen molar-refractivity contribution in [3.63, 3.8) is 0 Å². The Morgan fingerprint density at radius 1 is 1.05 bits per heavy atom. The summed E-state index contributed by atoms with van der Waals surface area (Å²) in [7, 11) is 0. The third-order valence-electron chi connectivity index (χ3n) is 5.96. The summed E-state index contributed by atoms with van der Waals surface area (Å²) in [5, 5.41) is 39.5. The summed E-state index contributed by atoms with van der Waals surface area (Å²) in [5.41, 5.74) is 4.85. The van der Waals surface area contributed by atoms with Crippen molar-refractivity contribution in [1.82, 2.24) is 21.3 Å². The predicted molar refractivity (Wildman–Crippen MR) is 138 cm³/mol. The predicted octanol–water partition coefficient (Wildman–Crippen LogP) is 4.06. The number of hydrogen-bond donors (Lipinski definition) is 6. The van der Waals surface area contributed by atoms with Gasteiger partial charge < -0.3 is 25.4 Å². The van der Waals surface area contributed by atoms with E-state index in [1.807, 2.05) is 45.0 Å². The largest absolute Gasteiger partial charge is 0.508 e. The molecule has 0 fully saturated rings. The number of unbranched alkanes of at least 4 members (excludes halogenated alkanes) is 1. The molecule has 3 rings (SSSR count). The number of phenols is 2. The SMILES string of the molecule is CCNC(=O)c1noc(-c2cc(C(C)C)c(O)cc2O)c1-c1ccc(CNCCCCC(=O)NO)cc1. The van der Waals surface area contributed by atoms with Gasteiger partial charge in [0.2, 0.25) is 5.91 Å². The minimum atomic E-state index is -0.393. The number of amides is 2. The highest BCUT2D eigenvalue weighted by Crippen LogP contribution is 2.43. The van der Waals surface area contributed by atoms with Gasteiger partial charge in [-0.05, 0) is 55.0 Å². The summed E-state index contributed by atoms with van der Waals surface area (Å²) < 4.78 is 5.61. The maximum atomic E-state index is 12.8. The number of phenolic OH excluding ortho intramolecular Hbond substituents is 2. The van der Waals surface area contributed by atoms with Crippen LogP contribution in [-0.2, 0) is 11.3 Å². The third-order valence-corrected chi connectivity index (χ3v) is 5.96. The fourth-order valence-electron chi connectivity index (χ4n) is 3.99. The minimum Gasteiger partial charge on any atom is -0.508 e. The first-order chi connectivity index (χ1) is 17.8. The van der Waals surface area contributed by atoms with E-state index in [-0.39, 0.29) is 35.3 Å². The first-order valence-corrected chi connectivity index (χ1v) is 12.3. The van der Waals surface area contributed by atoms with Gasteiger partial charge in [0.25, 0.3) is 5.91 Å². The number of nitrogens with one attached hydrogen (secondary N) is 3. The van der Waals surface area contributed by atoms with Gasteiger partial charge in [0, 0.05) is 25.6 Å². The molecule has 1 heterocycles. The molecule has 3 aromatic rings. The summed E-state index contributed by atoms with van der Waals surface area (Å²) in [6, 6.07) is 10.5. The molecule has 0 atom stereocenters. The highest BCUT2D eigenvalue weighted by molar-refractivity contribution is 6.02. The van der Waals surface area contributed by atoms with Gasteiger partial charge in [0.15, 0.2) is 11.5 Å². The van der Waals surface area contributed by atoms with Crippen molar-refractivity contribution < 1.29 is 29.5 Å². The third kappa shape index (κ3) is 6.87. The maximum absolute atomic E-state index is 12.8. The number of carbonyl (C=O) groups excluding carboxylic acids is 2. The van der Waals surface area contributed by atoms with Gasteiger partial charge in [-0.25, -0.2) is 5.48 Å². The van der Waals surface area contributed by atoms with Crippen molar-refractivity contribution >= 4 is 11.8 Å². The molecule has 0 aliphatic heterocycles. The number of hydrogen-bond acceptors (Lipinski definition) is 8. The molecule has 0 saturated carbocycles. The molecule has 0 spiro atoms. The summed E-state index contributed by atoms with van der Waals surface area (Å²) in [5.74, 6) is -0.758. The quantitative estimate of drug-likeness (QED) is 0.121. The van der Waals surface area contributed by atoms with Crippen molar-refractivity contribution in [2.75, 3.05) is 13.1 Å². The van der Waals surface area contributed by atoms with Crippen LogP contribution in [0.3, 0.4) is 0 Å². The summed E-state index contributed by atoms with van der Waals surface area (Å²) in [6.45, 7) is 7.41. The fourth-order valence-corrected chi connectivity index (χ4v) is 3.99. The summed E-state index contributed by atoms with van der Waals surface area (Å²) in [6.07, 6.45) is 1.73. The molecule has 198 valence electrons. The van der Waals surface area contributed by atoms with E-state index in [0.717, 1.165) is 18.5 Å². The number of carbonyl (C=O) groups is 2. The van der Waals surface area contributed by atoms with Crippen LogP contribution in [0.5, 0.6) is 11.5 Å². The Bertz CT molecular complexity index is 1220. The first-order valence-electron chi connectivity index (χ1n) is 12.3. The van der Waals surface area contributed by atoms with E-state index in [0.29, 0.717) is 41.8 Å². The number of rotatable bonds is 12. The van der Waals surface area contributed by atoms with Crippen molar-refractivity contribution in [3.8, 4) is 33.9 Å². The molecule has 10 nitrogen and oxygen atoms in total. The molecule has 0 radical (unpaired) electrons. The van der Waals surface area contributed by atoms with E-state index >= 15 is 0 Å². The lowest BCUT2D eigenvalue weighted by Gasteiger charge is -2.13. The number of benzene rings is 2. The van der Waals surface area contributed by atoms with Gasteiger partial charge in [-0.1, -0.05) is 43.3 Å². The Balaban J connectivity index is 1.86. The van der Waals surface area contributed by atoms with Gasteiger partial charge in [-0.3, -0.25) is 14.8 Å². The molecule has 2 aromatic carbocycles. The van der Waals surface area contributed by atoms with Crippen LogP contribution in [0.4, 0.5) is 0 Å².